The van der Waals surface area contributed by atoms with Crippen molar-refractivity contribution in [1.29, 1.82) is 5.26 Å². The lowest BCUT2D eigenvalue weighted by molar-refractivity contribution is -0.153. The van der Waals surface area contributed by atoms with Crippen LogP contribution in [-0.4, -0.2) is 30.4 Å². The van der Waals surface area contributed by atoms with Crippen LogP contribution in [0.15, 0.2) is 24.3 Å². The maximum absolute atomic E-state index is 12.5. The molecule has 1 atom stereocenters. The van der Waals surface area contributed by atoms with Gasteiger partial charge in [0.1, 0.15) is 6.54 Å². The van der Waals surface area contributed by atoms with Gasteiger partial charge in [-0.05, 0) is 92.9 Å². The number of ether oxygens (including phenoxy) is 1. The summed E-state index contributed by atoms with van der Waals surface area (Å²) in [6.07, 6.45) is 6.90. The molecule has 0 aromatic heterocycles. The number of hydrogen-bond donors (Lipinski definition) is 2. The van der Waals surface area contributed by atoms with Gasteiger partial charge in [0.05, 0.1) is 11.6 Å². The second-order valence-electron chi connectivity index (χ2n) is 9.68. The number of nitriles is 1. The van der Waals surface area contributed by atoms with Gasteiger partial charge in [0.15, 0.2) is 6.10 Å². The van der Waals surface area contributed by atoms with E-state index in [0.717, 1.165) is 37.0 Å². The molecule has 7 heteroatoms. The van der Waals surface area contributed by atoms with E-state index < -0.39 is 18.0 Å². The lowest BCUT2D eigenvalue weighted by Gasteiger charge is -2.56. The van der Waals surface area contributed by atoms with Crippen LogP contribution < -0.4 is 10.6 Å². The van der Waals surface area contributed by atoms with Crippen LogP contribution in [0.1, 0.15) is 57.4 Å². The van der Waals surface area contributed by atoms with Crippen LogP contribution in [0.3, 0.4) is 0 Å². The fraction of sp³-hybridized carbons (Fsp3) is 0.583. The van der Waals surface area contributed by atoms with E-state index in [1.54, 1.807) is 24.3 Å². The van der Waals surface area contributed by atoms with Crippen LogP contribution in [0.25, 0.3) is 0 Å². The first-order valence-corrected chi connectivity index (χ1v) is 11.1. The monoisotopic (exact) mass is 423 g/mol. The predicted octanol–water partition coefficient (Wildman–Crippen LogP) is 3.15. The highest BCUT2D eigenvalue weighted by Gasteiger charge is 2.51. The van der Waals surface area contributed by atoms with E-state index in [-0.39, 0.29) is 17.9 Å². The number of amides is 2. The van der Waals surface area contributed by atoms with Crippen LogP contribution in [-0.2, 0) is 19.1 Å². The molecule has 4 aliphatic rings. The SMILES string of the molecule is C[C@@H](OC(=O)CNC(=O)CC12CC3CC(CC(C3)C1)C2)C(=O)Nc1ccc(C#N)cc1. The topological polar surface area (TPSA) is 108 Å². The first-order chi connectivity index (χ1) is 14.8. The number of carbonyl (C=O) groups is 3. The molecule has 0 aliphatic heterocycles. The summed E-state index contributed by atoms with van der Waals surface area (Å²) < 4.78 is 5.16. The number of esters is 1. The molecule has 0 saturated heterocycles. The summed E-state index contributed by atoms with van der Waals surface area (Å²) in [6.45, 7) is 1.24. The Hall–Kier alpha value is -2.88. The molecule has 31 heavy (non-hydrogen) atoms. The van der Waals surface area contributed by atoms with Crippen molar-refractivity contribution in [2.75, 3.05) is 11.9 Å². The molecule has 1 aromatic carbocycles. The summed E-state index contributed by atoms with van der Waals surface area (Å²) >= 11 is 0. The lowest BCUT2D eigenvalue weighted by atomic mass is 9.49. The zero-order valence-electron chi connectivity index (χ0n) is 17.9. The van der Waals surface area contributed by atoms with Crippen LogP contribution in [0.5, 0.6) is 0 Å². The Labute approximate surface area is 182 Å². The van der Waals surface area contributed by atoms with Crippen LogP contribution in [0.4, 0.5) is 5.69 Å². The quantitative estimate of drug-likeness (QED) is 0.655. The number of benzene rings is 1. The summed E-state index contributed by atoms with van der Waals surface area (Å²) in [5.41, 5.74) is 1.12. The minimum absolute atomic E-state index is 0.103. The van der Waals surface area contributed by atoms with E-state index in [2.05, 4.69) is 10.6 Å². The average Bonchev–Trinajstić information content (AvgIpc) is 2.71. The molecule has 4 fully saturated rings. The summed E-state index contributed by atoms with van der Waals surface area (Å²) in [5.74, 6) is 1.12. The Bertz CT molecular complexity index is 867. The highest BCUT2D eigenvalue weighted by atomic mass is 16.5. The van der Waals surface area contributed by atoms with Gasteiger partial charge < -0.3 is 15.4 Å². The molecule has 4 aliphatic carbocycles. The number of nitrogens with one attached hydrogen (secondary N) is 2. The fourth-order valence-corrected chi connectivity index (χ4v) is 6.24. The largest absolute Gasteiger partial charge is 0.451 e. The predicted molar refractivity (Wildman–Crippen MR) is 114 cm³/mol. The van der Waals surface area contributed by atoms with E-state index in [1.165, 1.54) is 26.2 Å². The lowest BCUT2D eigenvalue weighted by Crippen LogP contribution is -2.48. The van der Waals surface area contributed by atoms with Crippen molar-refractivity contribution in [3.05, 3.63) is 29.8 Å². The van der Waals surface area contributed by atoms with Gasteiger partial charge in [0, 0.05) is 12.1 Å². The van der Waals surface area contributed by atoms with Gasteiger partial charge in [0.2, 0.25) is 5.91 Å². The molecule has 2 N–H and O–H groups in total. The van der Waals surface area contributed by atoms with Crippen molar-refractivity contribution >= 4 is 23.5 Å². The van der Waals surface area contributed by atoms with Crippen molar-refractivity contribution in [1.82, 2.24) is 5.32 Å². The average molecular weight is 424 g/mol. The summed E-state index contributed by atoms with van der Waals surface area (Å²) in [4.78, 5) is 36.8. The zero-order chi connectivity index (χ0) is 22.0. The molecule has 4 bridgehead atoms. The third-order valence-electron chi connectivity index (χ3n) is 7.09. The molecule has 2 amide bonds. The van der Waals surface area contributed by atoms with Crippen molar-refractivity contribution in [2.45, 2.75) is 58.0 Å². The second kappa shape index (κ2) is 8.70. The molecule has 5 rings (SSSR count). The van der Waals surface area contributed by atoms with Crippen molar-refractivity contribution in [3.8, 4) is 6.07 Å². The molecule has 164 valence electrons. The Morgan fingerprint density at radius 3 is 2.23 bits per heavy atom. The van der Waals surface area contributed by atoms with Gasteiger partial charge in [-0.3, -0.25) is 14.4 Å². The van der Waals surface area contributed by atoms with Gasteiger partial charge in [-0.1, -0.05) is 0 Å². The molecule has 1 aromatic rings. The van der Waals surface area contributed by atoms with Crippen molar-refractivity contribution in [3.63, 3.8) is 0 Å². The van der Waals surface area contributed by atoms with E-state index in [0.29, 0.717) is 17.7 Å². The normalized spacial score (nSPS) is 29.0. The Morgan fingerprint density at radius 2 is 1.68 bits per heavy atom. The molecule has 0 radical (unpaired) electrons. The van der Waals surface area contributed by atoms with Crippen LogP contribution >= 0.6 is 0 Å². The van der Waals surface area contributed by atoms with E-state index in [4.69, 9.17) is 10.00 Å². The smallest absolute Gasteiger partial charge is 0.326 e. The molecule has 0 spiro atoms. The molecular weight excluding hydrogens is 394 g/mol. The zero-order valence-corrected chi connectivity index (χ0v) is 17.9. The molecule has 7 nitrogen and oxygen atoms in total. The number of carbonyl (C=O) groups excluding carboxylic acids is 3. The van der Waals surface area contributed by atoms with Crippen molar-refractivity contribution in [2.24, 2.45) is 23.2 Å². The first kappa shape index (κ1) is 21.4. The minimum atomic E-state index is -0.997. The van der Waals surface area contributed by atoms with Gasteiger partial charge in [-0.2, -0.15) is 5.26 Å². The van der Waals surface area contributed by atoms with E-state index in [9.17, 15) is 14.4 Å². The highest BCUT2D eigenvalue weighted by molar-refractivity contribution is 5.95. The number of nitrogens with zero attached hydrogens (tertiary/aromatic N) is 1. The second-order valence-corrected chi connectivity index (χ2v) is 9.68. The van der Waals surface area contributed by atoms with Crippen LogP contribution in [0, 0.1) is 34.5 Å². The van der Waals surface area contributed by atoms with Crippen molar-refractivity contribution < 1.29 is 19.1 Å². The van der Waals surface area contributed by atoms with Gasteiger partial charge in [-0.25, -0.2) is 0 Å². The maximum atomic E-state index is 12.5. The standard InChI is InChI=1S/C24H29N3O4/c1-15(23(30)27-20-4-2-16(13-25)3-5-20)31-22(29)14-26-21(28)12-24-9-17-6-18(10-24)8-19(7-17)11-24/h2-5,15,17-19H,6-12,14H2,1H3,(H,26,28)(H,27,30)/t15-,17?,18?,19?,24?/m1/s1. The van der Waals surface area contributed by atoms with Gasteiger partial charge >= 0.3 is 5.97 Å². The molecular formula is C24H29N3O4. The maximum Gasteiger partial charge on any atom is 0.326 e. The summed E-state index contributed by atoms with van der Waals surface area (Å²) in [7, 11) is 0. The molecule has 4 saturated carbocycles. The third kappa shape index (κ3) is 5.07. The van der Waals surface area contributed by atoms with E-state index in [1.807, 2.05) is 6.07 Å². The van der Waals surface area contributed by atoms with E-state index >= 15 is 0 Å². The Morgan fingerprint density at radius 1 is 1.10 bits per heavy atom. The van der Waals surface area contributed by atoms with Gasteiger partial charge in [-0.15, -0.1) is 0 Å². The third-order valence-corrected chi connectivity index (χ3v) is 7.09. The minimum Gasteiger partial charge on any atom is -0.451 e. The fourth-order valence-electron chi connectivity index (χ4n) is 6.24. The number of hydrogen-bond acceptors (Lipinski definition) is 5. The Kier molecular flexibility index (Phi) is 5.99. The first-order valence-electron chi connectivity index (χ1n) is 11.1. The van der Waals surface area contributed by atoms with Gasteiger partial charge in [0.25, 0.3) is 5.91 Å². The molecule has 0 unspecified atom stereocenters. The number of anilines is 1. The molecule has 0 heterocycles. The summed E-state index contributed by atoms with van der Waals surface area (Å²) in [6, 6.07) is 8.40. The number of rotatable bonds is 7. The summed E-state index contributed by atoms with van der Waals surface area (Å²) in [5, 5.41) is 14.1. The van der Waals surface area contributed by atoms with Crippen LogP contribution in [0.2, 0.25) is 0 Å². The Balaban J connectivity index is 1.20. The highest BCUT2D eigenvalue weighted by Crippen LogP contribution is 2.61.